The van der Waals surface area contributed by atoms with Gasteiger partial charge in [0.2, 0.25) is 6.29 Å². The van der Waals surface area contributed by atoms with E-state index in [1.165, 1.54) is 0 Å². The van der Waals surface area contributed by atoms with E-state index in [-0.39, 0.29) is 18.4 Å². The van der Waals surface area contributed by atoms with Crippen LogP contribution < -0.4 is 16.1 Å². The van der Waals surface area contributed by atoms with E-state index in [1.54, 1.807) is 0 Å². The van der Waals surface area contributed by atoms with Crippen molar-refractivity contribution in [3.05, 3.63) is 23.8 Å². The number of rotatable bonds is 2. The lowest BCUT2D eigenvalue weighted by atomic mass is 10.1. The highest BCUT2D eigenvalue weighted by Gasteiger charge is 2.38. The van der Waals surface area contributed by atoms with Crippen LogP contribution in [0.3, 0.4) is 0 Å². The van der Waals surface area contributed by atoms with E-state index in [1.807, 2.05) is 37.8 Å². The molecule has 1 unspecified atom stereocenters. The van der Waals surface area contributed by atoms with Gasteiger partial charge in [-0.15, -0.1) is 5.11 Å². The molecule has 0 aromatic heterocycles. The van der Waals surface area contributed by atoms with Crippen molar-refractivity contribution in [2.24, 2.45) is 16.2 Å². The summed E-state index contributed by atoms with van der Waals surface area (Å²) in [6.07, 6.45) is 2.33. The van der Waals surface area contributed by atoms with Gasteiger partial charge in [-0.05, 0) is 58.6 Å². The van der Waals surface area contributed by atoms with Gasteiger partial charge in [-0.25, -0.2) is 4.79 Å². The minimum atomic E-state index is -0.506. The second-order valence-electron chi connectivity index (χ2n) is 8.20. The van der Waals surface area contributed by atoms with Crippen molar-refractivity contribution in [2.75, 3.05) is 23.3 Å². The molecule has 1 saturated heterocycles. The number of anilines is 2. The fourth-order valence-corrected chi connectivity index (χ4v) is 3.82. The molecule has 2 atom stereocenters. The van der Waals surface area contributed by atoms with Crippen molar-refractivity contribution in [3.8, 4) is 0 Å². The zero-order valence-corrected chi connectivity index (χ0v) is 16.6. The molecule has 27 heavy (non-hydrogen) atoms. The Morgan fingerprint density at radius 1 is 1.33 bits per heavy atom. The molecule has 3 rings (SSSR count). The predicted octanol–water partition coefficient (Wildman–Crippen LogP) is 3.63. The highest BCUT2D eigenvalue weighted by Crippen LogP contribution is 2.40. The van der Waals surface area contributed by atoms with E-state index < -0.39 is 5.60 Å². The molecule has 8 heteroatoms. The average Bonchev–Trinajstić information content (AvgIpc) is 2.77. The van der Waals surface area contributed by atoms with Crippen LogP contribution in [-0.2, 0) is 4.74 Å². The summed E-state index contributed by atoms with van der Waals surface area (Å²) in [5, 5.41) is 11.1. The zero-order valence-electron chi connectivity index (χ0n) is 16.6. The zero-order chi connectivity index (χ0) is 19.6. The number of fused-ring (bicyclic) bond motifs is 1. The number of para-hydroxylation sites is 1. The smallest absolute Gasteiger partial charge is 0.410 e. The van der Waals surface area contributed by atoms with Gasteiger partial charge in [-0.2, -0.15) is 0 Å². The lowest BCUT2D eigenvalue weighted by Crippen LogP contribution is -2.49. The van der Waals surface area contributed by atoms with E-state index in [0.29, 0.717) is 13.1 Å². The third-order valence-corrected chi connectivity index (χ3v) is 4.91. The summed E-state index contributed by atoms with van der Waals surface area (Å²) >= 11 is 0. The highest BCUT2D eigenvalue weighted by atomic mass is 16.6. The second-order valence-corrected chi connectivity index (χ2v) is 8.20. The van der Waals surface area contributed by atoms with Gasteiger partial charge in [0.05, 0.1) is 17.4 Å². The number of carbonyl (C=O) groups is 1. The number of nitrogens with zero attached hydrogens (tertiary/aromatic N) is 4. The van der Waals surface area contributed by atoms with Crippen LogP contribution in [0.2, 0.25) is 0 Å². The molecule has 0 bridgehead atoms. The van der Waals surface area contributed by atoms with Crippen LogP contribution in [0.25, 0.3) is 0 Å². The van der Waals surface area contributed by atoms with Crippen molar-refractivity contribution in [3.63, 3.8) is 0 Å². The van der Waals surface area contributed by atoms with E-state index in [0.717, 1.165) is 36.2 Å². The van der Waals surface area contributed by atoms with Gasteiger partial charge < -0.3 is 25.7 Å². The minimum Gasteiger partial charge on any atom is -0.444 e. The number of amides is 1. The summed E-state index contributed by atoms with van der Waals surface area (Å²) in [5.41, 5.74) is 2.77. The van der Waals surface area contributed by atoms with Crippen LogP contribution in [0.15, 0.2) is 28.5 Å². The van der Waals surface area contributed by atoms with Gasteiger partial charge in [-0.1, -0.05) is 17.4 Å². The van der Waals surface area contributed by atoms with Gasteiger partial charge in [-0.3, -0.25) is 0 Å². The van der Waals surface area contributed by atoms with Crippen LogP contribution in [0.5, 0.6) is 0 Å². The first-order valence-electron chi connectivity index (χ1n) is 9.52. The Hall–Kier alpha value is -2.51. The average molecular weight is 374 g/mol. The standard InChI is InChI=1S/C19H30N6O2/c1-13-8-7-10-15-16(13)25(17(21-15)22-23-20)14-9-5-6-11-24(12-14)18(26)27-19(2,3)4/h7-8,10,14,17,21H,5-6,9,11-12H2,1-4H3,(H2,20,22)/t14-,17?/m1/s1. The first-order valence-corrected chi connectivity index (χ1v) is 9.52. The number of nitrogens with two attached hydrogens (primary N) is 1. The van der Waals surface area contributed by atoms with Gasteiger partial charge in [0.15, 0.2) is 0 Å². The van der Waals surface area contributed by atoms with Gasteiger partial charge in [0.1, 0.15) is 5.60 Å². The third kappa shape index (κ3) is 4.26. The molecule has 2 heterocycles. The number of nitrogens with one attached hydrogen (secondary N) is 1. The van der Waals surface area contributed by atoms with Gasteiger partial charge in [0, 0.05) is 13.1 Å². The maximum Gasteiger partial charge on any atom is 0.410 e. The Morgan fingerprint density at radius 3 is 2.81 bits per heavy atom. The topological polar surface area (TPSA) is 95.5 Å². The summed E-state index contributed by atoms with van der Waals surface area (Å²) in [5.74, 6) is 5.36. The number of likely N-dealkylation sites (tertiary alicyclic amines) is 1. The largest absolute Gasteiger partial charge is 0.444 e. The molecule has 0 spiro atoms. The first kappa shape index (κ1) is 19.3. The molecule has 1 aromatic rings. The molecule has 1 amide bonds. The van der Waals surface area contributed by atoms with Crippen LogP contribution >= 0.6 is 0 Å². The molecule has 8 nitrogen and oxygen atoms in total. The van der Waals surface area contributed by atoms with E-state index >= 15 is 0 Å². The normalized spacial score (nSPS) is 23.1. The molecular formula is C19H30N6O2. The summed E-state index contributed by atoms with van der Waals surface area (Å²) in [6.45, 7) is 9.04. The van der Waals surface area contributed by atoms with Crippen LogP contribution in [0, 0.1) is 6.92 Å². The second kappa shape index (κ2) is 7.62. The Bertz CT molecular complexity index is 715. The minimum absolute atomic E-state index is 0.102. The summed E-state index contributed by atoms with van der Waals surface area (Å²) in [4.78, 5) is 16.7. The van der Waals surface area contributed by atoms with E-state index in [4.69, 9.17) is 10.6 Å². The molecule has 0 saturated carbocycles. The van der Waals surface area contributed by atoms with Crippen LogP contribution in [0.1, 0.15) is 45.6 Å². The summed E-state index contributed by atoms with van der Waals surface area (Å²) in [7, 11) is 0. The predicted molar refractivity (Wildman–Crippen MR) is 106 cm³/mol. The van der Waals surface area contributed by atoms with Crippen molar-refractivity contribution in [1.82, 2.24) is 4.90 Å². The maximum absolute atomic E-state index is 12.7. The number of ether oxygens (including phenoxy) is 1. The molecule has 3 N–H and O–H groups in total. The van der Waals surface area contributed by atoms with Gasteiger partial charge in [0.25, 0.3) is 0 Å². The Labute approximate surface area is 160 Å². The van der Waals surface area contributed by atoms with Crippen LogP contribution in [0.4, 0.5) is 16.2 Å². The lowest BCUT2D eigenvalue weighted by molar-refractivity contribution is 0.0248. The van der Waals surface area contributed by atoms with Crippen molar-refractivity contribution in [1.29, 1.82) is 0 Å². The molecule has 2 aliphatic rings. The number of carbonyl (C=O) groups excluding carboxylic acids is 1. The summed E-state index contributed by atoms with van der Waals surface area (Å²) in [6, 6.07) is 6.23. The molecule has 2 aliphatic heterocycles. The van der Waals surface area contributed by atoms with Crippen molar-refractivity contribution in [2.45, 2.75) is 64.9 Å². The quantitative estimate of drug-likeness (QED) is 0.468. The van der Waals surface area contributed by atoms with E-state index in [2.05, 4.69) is 33.5 Å². The Kier molecular flexibility index (Phi) is 5.43. The van der Waals surface area contributed by atoms with Crippen molar-refractivity contribution < 1.29 is 9.53 Å². The van der Waals surface area contributed by atoms with Crippen LogP contribution in [-0.4, -0.2) is 42.0 Å². The fraction of sp³-hybridized carbons (Fsp3) is 0.632. The highest BCUT2D eigenvalue weighted by molar-refractivity contribution is 5.79. The monoisotopic (exact) mass is 374 g/mol. The van der Waals surface area contributed by atoms with Gasteiger partial charge >= 0.3 is 6.09 Å². The maximum atomic E-state index is 12.7. The van der Waals surface area contributed by atoms with E-state index in [9.17, 15) is 4.79 Å². The Morgan fingerprint density at radius 2 is 2.11 bits per heavy atom. The SMILES string of the molecule is Cc1cccc2c1N([C@@H]1CCCCN(C(=O)OC(C)(C)C)C1)C(N=NN)N2. The molecule has 1 aromatic carbocycles. The number of benzene rings is 1. The van der Waals surface area contributed by atoms with Crippen molar-refractivity contribution >= 4 is 17.5 Å². The first-order chi connectivity index (χ1) is 12.8. The fourth-order valence-electron chi connectivity index (χ4n) is 3.82. The molecule has 1 fully saturated rings. The third-order valence-electron chi connectivity index (χ3n) is 4.91. The Balaban J connectivity index is 1.87. The number of aryl methyl sites for hydroxylation is 1. The molecule has 0 radical (unpaired) electrons. The molecular weight excluding hydrogens is 344 g/mol. The number of hydrogen-bond acceptors (Lipinski definition) is 6. The summed E-state index contributed by atoms with van der Waals surface area (Å²) < 4.78 is 5.60. The molecule has 0 aliphatic carbocycles. The number of hydrogen-bond donors (Lipinski definition) is 2. The molecule has 148 valence electrons. The lowest BCUT2D eigenvalue weighted by Gasteiger charge is -2.35.